The number of aromatic amines is 1. The minimum Gasteiger partial charge on any atom is -0.465 e. The quantitative estimate of drug-likeness (QED) is 0.0807. The van der Waals surface area contributed by atoms with Gasteiger partial charge in [0.05, 0.1) is 5.69 Å². The number of halogens is 1. The molecule has 6 N–H and O–H groups in total. The van der Waals surface area contributed by atoms with Crippen molar-refractivity contribution < 1.29 is 43.0 Å². The van der Waals surface area contributed by atoms with E-state index >= 15 is 4.39 Å². The second-order valence-corrected chi connectivity index (χ2v) is 16.3. The van der Waals surface area contributed by atoms with Crippen LogP contribution in [0.4, 0.5) is 25.4 Å². The van der Waals surface area contributed by atoms with Gasteiger partial charge in [-0.15, -0.1) is 0 Å². The number of alkyl carbamates (subject to hydrolysis) is 1. The molecule has 0 unspecified atom stereocenters. The summed E-state index contributed by atoms with van der Waals surface area (Å²) in [7, 11) is 0. The first-order valence-electron chi connectivity index (χ1n) is 20.4. The van der Waals surface area contributed by atoms with Gasteiger partial charge >= 0.3 is 12.2 Å². The van der Waals surface area contributed by atoms with Gasteiger partial charge in [0.15, 0.2) is 5.82 Å². The van der Waals surface area contributed by atoms with E-state index in [4.69, 9.17) is 4.74 Å². The molecule has 322 valence electrons. The molecule has 0 bridgehead atoms. The summed E-state index contributed by atoms with van der Waals surface area (Å²) in [6, 6.07) is 24.5. The smallest absolute Gasteiger partial charge is 0.408 e. The van der Waals surface area contributed by atoms with Crippen molar-refractivity contribution in [3.8, 4) is 11.3 Å². The van der Waals surface area contributed by atoms with Crippen molar-refractivity contribution in [3.05, 3.63) is 120 Å². The topological polar surface area (TPSA) is 202 Å². The maximum Gasteiger partial charge on any atom is 0.408 e. The van der Waals surface area contributed by atoms with Crippen molar-refractivity contribution in [1.82, 2.24) is 25.4 Å². The summed E-state index contributed by atoms with van der Waals surface area (Å²) in [6.45, 7) is 5.75. The highest BCUT2D eigenvalue weighted by atomic mass is 19.1. The Morgan fingerprint density at radius 3 is 1.73 bits per heavy atom. The number of carboxylic acid groups (broad SMARTS) is 1. The van der Waals surface area contributed by atoms with Crippen LogP contribution in [0.3, 0.4) is 0 Å². The number of hydrogen-bond acceptors (Lipinski definition) is 7. The van der Waals surface area contributed by atoms with Gasteiger partial charge in [-0.3, -0.25) is 19.2 Å². The van der Waals surface area contributed by atoms with Crippen molar-refractivity contribution in [2.24, 2.45) is 0 Å². The number of benzene rings is 4. The molecule has 15 nitrogen and oxygen atoms in total. The summed E-state index contributed by atoms with van der Waals surface area (Å²) >= 11 is 0. The molecule has 2 aliphatic heterocycles. The Bertz CT molecular complexity index is 2470. The standard InChI is InChI=1S/C46H48FN7O8/c1-46(2,3)62-45(61)52-39(28-14-8-5-9-15-28)43(58)54-25-11-17-35(54)41(56)49-31-22-23-33-32(26-31)36(47)37(50-33)29-18-20-30(21-19-29)48-40(55)34-16-10-24-53(34)42(57)38(51-44(59)60)27-12-6-4-7-13-27/h4-9,12-15,18-23,26,34-35,38-39,50-51H,10-11,16-17,24-25H2,1-3H3,(H,48,55)(H,49,56)(H,52,61)(H,59,60)/t34-,35-,38-,39-/m0/s1. The van der Waals surface area contributed by atoms with E-state index < -0.39 is 71.4 Å². The lowest BCUT2D eigenvalue weighted by molar-refractivity contribution is -0.138. The van der Waals surface area contributed by atoms with E-state index in [0.717, 1.165) is 0 Å². The maximum absolute atomic E-state index is 16.1. The van der Waals surface area contributed by atoms with E-state index in [2.05, 4.69) is 26.3 Å². The summed E-state index contributed by atoms with van der Waals surface area (Å²) in [5.74, 6) is -2.43. The number of rotatable bonds is 11. The largest absolute Gasteiger partial charge is 0.465 e. The molecule has 7 rings (SSSR count). The molecule has 16 heteroatoms. The number of likely N-dealkylation sites (tertiary alicyclic amines) is 2. The number of fused-ring (bicyclic) bond motifs is 1. The molecule has 1 aromatic heterocycles. The Hall–Kier alpha value is -7.23. The van der Waals surface area contributed by atoms with Crippen LogP contribution in [0.1, 0.15) is 69.7 Å². The Morgan fingerprint density at radius 2 is 1.21 bits per heavy atom. The fourth-order valence-corrected chi connectivity index (χ4v) is 7.96. The molecule has 6 amide bonds. The van der Waals surface area contributed by atoms with Gasteiger partial charge in [0.1, 0.15) is 29.8 Å². The van der Waals surface area contributed by atoms with Gasteiger partial charge in [0.2, 0.25) is 11.8 Å². The fourth-order valence-electron chi connectivity index (χ4n) is 7.96. The molecular formula is C46H48FN7O8. The van der Waals surface area contributed by atoms with E-state index in [1.165, 1.54) is 15.9 Å². The van der Waals surface area contributed by atoms with Gasteiger partial charge in [-0.2, -0.15) is 0 Å². The number of H-pyrrole nitrogens is 1. The van der Waals surface area contributed by atoms with Crippen molar-refractivity contribution in [3.63, 3.8) is 0 Å². The molecule has 2 aliphatic rings. The van der Waals surface area contributed by atoms with Gasteiger partial charge < -0.3 is 45.9 Å². The summed E-state index contributed by atoms with van der Waals surface area (Å²) in [6.07, 6.45) is -0.218. The van der Waals surface area contributed by atoms with E-state index in [1.807, 2.05) is 0 Å². The molecule has 4 atom stereocenters. The predicted molar refractivity (Wildman–Crippen MR) is 229 cm³/mol. The first kappa shape index (κ1) is 42.9. The van der Waals surface area contributed by atoms with E-state index in [0.29, 0.717) is 65.8 Å². The molecule has 2 saturated heterocycles. The minimum atomic E-state index is -1.36. The average molecular weight is 846 g/mol. The lowest BCUT2D eigenvalue weighted by atomic mass is 10.0. The Kier molecular flexibility index (Phi) is 12.6. The third-order valence-electron chi connectivity index (χ3n) is 10.8. The van der Waals surface area contributed by atoms with Crippen molar-refractivity contribution in [2.45, 2.75) is 76.2 Å². The molecule has 3 heterocycles. The van der Waals surface area contributed by atoms with Gasteiger partial charge in [-0.05, 0) is 87.9 Å². The molecule has 0 radical (unpaired) electrons. The SMILES string of the molecule is CC(C)(C)OC(=O)N[C@H](C(=O)N1CCC[C@H]1C(=O)Nc1ccc2[nH]c(-c3ccc(NC(=O)[C@@H]4CCCN4C(=O)[C@@H](NC(=O)O)c4ccccc4)cc3)c(F)c2c1)c1ccccc1. The van der Waals surface area contributed by atoms with Crippen LogP contribution in [-0.4, -0.2) is 86.5 Å². The lowest BCUT2D eigenvalue weighted by Crippen LogP contribution is -2.49. The van der Waals surface area contributed by atoms with Gasteiger partial charge in [-0.1, -0.05) is 72.8 Å². The Balaban J connectivity index is 1.01. The number of amides is 6. The number of carbonyl (C=O) groups excluding carboxylic acids is 5. The molecule has 5 aromatic rings. The normalized spacial score (nSPS) is 17.2. The highest BCUT2D eigenvalue weighted by Crippen LogP contribution is 2.33. The second kappa shape index (κ2) is 18.2. The molecule has 0 saturated carbocycles. The van der Waals surface area contributed by atoms with Crippen molar-refractivity contribution in [1.29, 1.82) is 0 Å². The number of aromatic nitrogens is 1. The zero-order valence-corrected chi connectivity index (χ0v) is 34.4. The predicted octanol–water partition coefficient (Wildman–Crippen LogP) is 7.11. The van der Waals surface area contributed by atoms with Gasteiger partial charge in [0.25, 0.3) is 11.8 Å². The van der Waals surface area contributed by atoms with Crippen LogP contribution in [0, 0.1) is 5.82 Å². The number of hydrogen-bond donors (Lipinski definition) is 6. The number of ether oxygens (including phenoxy) is 1. The lowest BCUT2D eigenvalue weighted by Gasteiger charge is -2.29. The third kappa shape index (κ3) is 9.70. The summed E-state index contributed by atoms with van der Waals surface area (Å²) in [4.78, 5) is 85.1. The fraction of sp³-hybridized carbons (Fsp3) is 0.304. The highest BCUT2D eigenvalue weighted by molar-refractivity contribution is 6.01. The molecule has 2 fully saturated rings. The number of anilines is 2. The minimum absolute atomic E-state index is 0.184. The summed E-state index contributed by atoms with van der Waals surface area (Å²) < 4.78 is 21.5. The Labute approximate surface area is 357 Å². The van der Waals surface area contributed by atoms with Gasteiger partial charge in [-0.25, -0.2) is 14.0 Å². The first-order valence-corrected chi connectivity index (χ1v) is 20.4. The molecule has 0 spiro atoms. The molecule has 0 aliphatic carbocycles. The van der Waals surface area contributed by atoms with Crippen molar-refractivity contribution in [2.75, 3.05) is 23.7 Å². The Morgan fingerprint density at radius 1 is 0.710 bits per heavy atom. The summed E-state index contributed by atoms with van der Waals surface area (Å²) in [5, 5.41) is 20.3. The van der Waals surface area contributed by atoms with Crippen LogP contribution in [0.15, 0.2) is 103 Å². The van der Waals surface area contributed by atoms with Crippen LogP contribution in [0.25, 0.3) is 22.2 Å². The van der Waals surface area contributed by atoms with Crippen LogP contribution in [0.2, 0.25) is 0 Å². The molecular weight excluding hydrogens is 798 g/mol. The molecule has 62 heavy (non-hydrogen) atoms. The second-order valence-electron chi connectivity index (χ2n) is 16.3. The van der Waals surface area contributed by atoms with Gasteiger partial charge in [0, 0.05) is 40.9 Å². The highest BCUT2D eigenvalue weighted by Gasteiger charge is 2.40. The van der Waals surface area contributed by atoms with Crippen LogP contribution in [0.5, 0.6) is 0 Å². The number of carbonyl (C=O) groups is 6. The third-order valence-corrected chi connectivity index (χ3v) is 10.8. The zero-order chi connectivity index (χ0) is 44.1. The van der Waals surface area contributed by atoms with E-state index in [1.54, 1.807) is 118 Å². The van der Waals surface area contributed by atoms with Crippen LogP contribution < -0.4 is 21.3 Å². The molecule has 4 aromatic carbocycles. The monoisotopic (exact) mass is 845 g/mol. The van der Waals surface area contributed by atoms with Crippen molar-refractivity contribution >= 4 is 58.1 Å². The summed E-state index contributed by atoms with van der Waals surface area (Å²) in [5.41, 5.74) is 2.08. The maximum atomic E-state index is 16.1. The average Bonchev–Trinajstić information content (AvgIpc) is 4.02. The number of nitrogens with one attached hydrogen (secondary N) is 5. The van der Waals surface area contributed by atoms with E-state index in [9.17, 15) is 33.9 Å². The van der Waals surface area contributed by atoms with Crippen LogP contribution >= 0.6 is 0 Å². The first-order chi connectivity index (χ1) is 29.7. The van der Waals surface area contributed by atoms with Crippen LogP contribution in [-0.2, 0) is 23.9 Å². The number of nitrogens with zero attached hydrogens (tertiary/aromatic N) is 2. The van der Waals surface area contributed by atoms with E-state index in [-0.39, 0.29) is 17.6 Å². The zero-order valence-electron chi connectivity index (χ0n) is 34.4.